The number of nitrogens with one attached hydrogen (secondary N) is 1. The van der Waals surface area contributed by atoms with Gasteiger partial charge in [0, 0.05) is 10.6 Å². The van der Waals surface area contributed by atoms with Gasteiger partial charge in [-0.3, -0.25) is 16.2 Å². The monoisotopic (exact) mass is 283 g/mol. The SMILES string of the molecule is CCN(CC)C(C)(CC)C(NN)c1cccc(Cl)c1. The van der Waals surface area contributed by atoms with E-state index >= 15 is 0 Å². The molecule has 1 rings (SSSR count). The molecule has 2 atom stereocenters. The van der Waals surface area contributed by atoms with E-state index in [1.54, 1.807) is 0 Å². The Morgan fingerprint density at radius 2 is 1.95 bits per heavy atom. The van der Waals surface area contributed by atoms with Crippen LogP contribution in [0.2, 0.25) is 5.02 Å². The molecule has 0 saturated heterocycles. The number of rotatable bonds is 7. The third-order valence-corrected chi connectivity index (χ3v) is 4.41. The fourth-order valence-corrected chi connectivity index (χ4v) is 3.08. The summed E-state index contributed by atoms with van der Waals surface area (Å²) in [7, 11) is 0. The maximum atomic E-state index is 6.10. The van der Waals surface area contributed by atoms with E-state index in [1.165, 1.54) is 0 Å². The average molecular weight is 284 g/mol. The molecular formula is C15H26ClN3. The van der Waals surface area contributed by atoms with Gasteiger partial charge in [0.25, 0.3) is 0 Å². The second-order valence-corrected chi connectivity index (χ2v) is 5.47. The van der Waals surface area contributed by atoms with Gasteiger partial charge in [-0.2, -0.15) is 0 Å². The first-order chi connectivity index (χ1) is 9.03. The smallest absolute Gasteiger partial charge is 0.0641 e. The van der Waals surface area contributed by atoms with Gasteiger partial charge in [-0.1, -0.05) is 44.5 Å². The van der Waals surface area contributed by atoms with Crippen LogP contribution in [0.15, 0.2) is 24.3 Å². The molecule has 0 aliphatic rings. The Balaban J connectivity index is 3.18. The van der Waals surface area contributed by atoms with E-state index in [0.717, 1.165) is 30.1 Å². The molecule has 0 aliphatic heterocycles. The van der Waals surface area contributed by atoms with Crippen molar-refractivity contribution in [3.8, 4) is 0 Å². The minimum absolute atomic E-state index is 0.0388. The zero-order valence-electron chi connectivity index (χ0n) is 12.4. The van der Waals surface area contributed by atoms with E-state index in [2.05, 4.69) is 44.1 Å². The van der Waals surface area contributed by atoms with Gasteiger partial charge < -0.3 is 0 Å². The third kappa shape index (κ3) is 3.48. The molecule has 108 valence electrons. The number of hydrogen-bond acceptors (Lipinski definition) is 3. The van der Waals surface area contributed by atoms with Crippen LogP contribution in [0, 0.1) is 0 Å². The van der Waals surface area contributed by atoms with Crippen LogP contribution in [0.25, 0.3) is 0 Å². The molecule has 3 nitrogen and oxygen atoms in total. The summed E-state index contributed by atoms with van der Waals surface area (Å²) in [5.74, 6) is 5.84. The molecule has 0 spiro atoms. The Kier molecular flexibility index (Phi) is 6.27. The summed E-state index contributed by atoms with van der Waals surface area (Å²) in [4.78, 5) is 2.44. The fraction of sp³-hybridized carbons (Fsp3) is 0.600. The molecule has 0 amide bonds. The summed E-state index contributed by atoms with van der Waals surface area (Å²) in [6.07, 6.45) is 1.01. The molecule has 1 aromatic rings. The summed E-state index contributed by atoms with van der Waals surface area (Å²) in [6.45, 7) is 10.8. The van der Waals surface area contributed by atoms with Gasteiger partial charge in [0.1, 0.15) is 0 Å². The first-order valence-corrected chi connectivity index (χ1v) is 7.37. The van der Waals surface area contributed by atoms with E-state index < -0.39 is 0 Å². The predicted molar refractivity (Wildman–Crippen MR) is 83.1 cm³/mol. The Bertz CT molecular complexity index is 393. The highest BCUT2D eigenvalue weighted by Gasteiger charge is 2.37. The molecule has 1 aromatic carbocycles. The maximum Gasteiger partial charge on any atom is 0.0641 e. The Morgan fingerprint density at radius 3 is 2.37 bits per heavy atom. The summed E-state index contributed by atoms with van der Waals surface area (Å²) in [6, 6.07) is 7.98. The van der Waals surface area contributed by atoms with Crippen molar-refractivity contribution in [1.82, 2.24) is 10.3 Å². The van der Waals surface area contributed by atoms with Crippen molar-refractivity contribution in [3.05, 3.63) is 34.9 Å². The van der Waals surface area contributed by atoms with Crippen LogP contribution < -0.4 is 11.3 Å². The lowest BCUT2D eigenvalue weighted by atomic mass is 9.83. The van der Waals surface area contributed by atoms with Crippen molar-refractivity contribution in [2.24, 2.45) is 5.84 Å². The van der Waals surface area contributed by atoms with Crippen molar-refractivity contribution >= 4 is 11.6 Å². The zero-order chi connectivity index (χ0) is 14.5. The van der Waals surface area contributed by atoms with Gasteiger partial charge in [-0.25, -0.2) is 0 Å². The highest BCUT2D eigenvalue weighted by Crippen LogP contribution is 2.34. The topological polar surface area (TPSA) is 41.3 Å². The molecule has 0 saturated carbocycles. The van der Waals surface area contributed by atoms with Crippen molar-refractivity contribution in [1.29, 1.82) is 0 Å². The van der Waals surface area contributed by atoms with Crippen molar-refractivity contribution in [3.63, 3.8) is 0 Å². The zero-order valence-corrected chi connectivity index (χ0v) is 13.2. The maximum absolute atomic E-state index is 6.10. The summed E-state index contributed by atoms with van der Waals surface area (Å²) in [5, 5.41) is 0.746. The lowest BCUT2D eigenvalue weighted by molar-refractivity contribution is 0.0698. The van der Waals surface area contributed by atoms with Gasteiger partial charge >= 0.3 is 0 Å². The number of hydrogen-bond donors (Lipinski definition) is 2. The second-order valence-electron chi connectivity index (χ2n) is 5.04. The quantitative estimate of drug-likeness (QED) is 0.596. The third-order valence-electron chi connectivity index (χ3n) is 4.17. The molecule has 19 heavy (non-hydrogen) atoms. The number of nitrogens with zero attached hydrogens (tertiary/aromatic N) is 1. The summed E-state index contributed by atoms with van der Waals surface area (Å²) in [5.41, 5.74) is 4.08. The van der Waals surface area contributed by atoms with E-state index in [4.69, 9.17) is 17.4 Å². The average Bonchev–Trinajstić information content (AvgIpc) is 2.41. The molecular weight excluding hydrogens is 258 g/mol. The Labute approximate surface area is 122 Å². The Morgan fingerprint density at radius 1 is 1.32 bits per heavy atom. The molecule has 0 aromatic heterocycles. The van der Waals surface area contributed by atoms with Gasteiger partial charge in [-0.05, 0) is 44.1 Å². The molecule has 0 fully saturated rings. The van der Waals surface area contributed by atoms with E-state index in [-0.39, 0.29) is 11.6 Å². The van der Waals surface area contributed by atoms with E-state index in [9.17, 15) is 0 Å². The van der Waals surface area contributed by atoms with Crippen LogP contribution in [0.1, 0.15) is 45.7 Å². The number of benzene rings is 1. The first-order valence-electron chi connectivity index (χ1n) is 7.00. The second kappa shape index (κ2) is 7.25. The van der Waals surface area contributed by atoms with Gasteiger partial charge in [-0.15, -0.1) is 0 Å². The number of halogens is 1. The normalized spacial score (nSPS) is 16.4. The van der Waals surface area contributed by atoms with Crippen molar-refractivity contribution < 1.29 is 0 Å². The number of likely N-dealkylation sites (N-methyl/N-ethyl adjacent to an activating group) is 1. The lowest BCUT2D eigenvalue weighted by Gasteiger charge is -2.45. The number of hydrazine groups is 1. The number of nitrogens with two attached hydrogens (primary N) is 1. The minimum atomic E-state index is -0.0388. The predicted octanol–water partition coefficient (Wildman–Crippen LogP) is 3.35. The standard InChI is InChI=1S/C15H26ClN3/c1-5-15(4,19(6-2)7-3)14(18-17)12-9-8-10-13(16)11-12/h8-11,14,18H,5-7,17H2,1-4H3. The summed E-state index contributed by atoms with van der Waals surface area (Å²) < 4.78 is 0. The molecule has 0 bridgehead atoms. The molecule has 4 heteroatoms. The van der Waals surface area contributed by atoms with Crippen LogP contribution in [0.5, 0.6) is 0 Å². The van der Waals surface area contributed by atoms with Gasteiger partial charge in [0.2, 0.25) is 0 Å². The van der Waals surface area contributed by atoms with Gasteiger partial charge in [0.05, 0.1) is 6.04 Å². The molecule has 0 heterocycles. The van der Waals surface area contributed by atoms with Crippen LogP contribution >= 0.6 is 11.6 Å². The molecule has 3 N–H and O–H groups in total. The van der Waals surface area contributed by atoms with E-state index in [1.807, 2.05) is 18.2 Å². The van der Waals surface area contributed by atoms with Gasteiger partial charge in [0.15, 0.2) is 0 Å². The lowest BCUT2D eigenvalue weighted by Crippen LogP contribution is -2.55. The molecule has 2 unspecified atom stereocenters. The Hall–Kier alpha value is -0.610. The highest BCUT2D eigenvalue weighted by atomic mass is 35.5. The van der Waals surface area contributed by atoms with Crippen LogP contribution in [-0.4, -0.2) is 23.5 Å². The molecule has 0 radical (unpaired) electrons. The van der Waals surface area contributed by atoms with E-state index in [0.29, 0.717) is 0 Å². The van der Waals surface area contributed by atoms with Crippen LogP contribution in [0.3, 0.4) is 0 Å². The highest BCUT2D eigenvalue weighted by molar-refractivity contribution is 6.30. The fourth-order valence-electron chi connectivity index (χ4n) is 2.88. The van der Waals surface area contributed by atoms with Crippen molar-refractivity contribution in [2.45, 2.75) is 45.7 Å². The first kappa shape index (κ1) is 16.4. The van der Waals surface area contributed by atoms with Crippen molar-refractivity contribution in [2.75, 3.05) is 13.1 Å². The van der Waals surface area contributed by atoms with Crippen LogP contribution in [-0.2, 0) is 0 Å². The van der Waals surface area contributed by atoms with Crippen LogP contribution in [0.4, 0.5) is 0 Å². The minimum Gasteiger partial charge on any atom is -0.297 e. The molecule has 0 aliphatic carbocycles. The largest absolute Gasteiger partial charge is 0.297 e. The summed E-state index contributed by atoms with van der Waals surface area (Å²) >= 11 is 6.10.